The average molecular weight is 258 g/mol. The number of carbonyl (C=O) groups excluding carboxylic acids is 1. The lowest BCUT2D eigenvalue weighted by atomic mass is 10.1. The Morgan fingerprint density at radius 1 is 1.22 bits per heavy atom. The number of rotatable bonds is 8. The summed E-state index contributed by atoms with van der Waals surface area (Å²) in [4.78, 5) is 15.5. The Balaban J connectivity index is 3.70. The van der Waals surface area contributed by atoms with Gasteiger partial charge in [-0.1, -0.05) is 13.8 Å². The highest BCUT2D eigenvalue weighted by Crippen LogP contribution is 1.95. The molecule has 0 atom stereocenters. The fourth-order valence-electron chi connectivity index (χ4n) is 1.22. The molecule has 0 bridgehead atoms. The largest absolute Gasteiger partial charge is 0.383 e. The lowest BCUT2D eigenvalue weighted by molar-refractivity contribution is -0.120. The van der Waals surface area contributed by atoms with Crippen molar-refractivity contribution >= 4 is 11.9 Å². The first-order valence-electron chi connectivity index (χ1n) is 6.30. The number of guanidine groups is 1. The van der Waals surface area contributed by atoms with Crippen molar-refractivity contribution in [3.8, 4) is 0 Å². The van der Waals surface area contributed by atoms with Crippen LogP contribution in [0, 0.1) is 5.92 Å². The predicted octanol–water partition coefficient (Wildman–Crippen LogP) is -0.0399. The zero-order valence-electron chi connectivity index (χ0n) is 11.9. The van der Waals surface area contributed by atoms with E-state index < -0.39 is 0 Å². The van der Waals surface area contributed by atoms with E-state index in [-0.39, 0.29) is 12.5 Å². The molecule has 1 amide bonds. The summed E-state index contributed by atoms with van der Waals surface area (Å²) in [6.45, 7) is 6.44. The Hall–Kier alpha value is -1.30. The molecule has 0 aromatic rings. The molecule has 0 aliphatic rings. The predicted molar refractivity (Wildman–Crippen MR) is 73.7 cm³/mol. The van der Waals surface area contributed by atoms with Crippen molar-refractivity contribution in [1.82, 2.24) is 16.0 Å². The minimum absolute atomic E-state index is 0.0705. The quantitative estimate of drug-likeness (QED) is 0.324. The Labute approximate surface area is 110 Å². The number of aliphatic imine (C=N–C) groups is 1. The number of hydrogen-bond donors (Lipinski definition) is 3. The van der Waals surface area contributed by atoms with Gasteiger partial charge in [0.25, 0.3) is 0 Å². The van der Waals surface area contributed by atoms with Crippen LogP contribution in [0.4, 0.5) is 0 Å². The molecule has 0 spiro atoms. The number of nitrogens with zero attached hydrogens (tertiary/aromatic N) is 1. The van der Waals surface area contributed by atoms with Crippen LogP contribution in [-0.2, 0) is 9.53 Å². The topological polar surface area (TPSA) is 74.8 Å². The third kappa shape index (κ3) is 9.89. The van der Waals surface area contributed by atoms with Gasteiger partial charge < -0.3 is 20.7 Å². The average Bonchev–Trinajstić information content (AvgIpc) is 2.33. The van der Waals surface area contributed by atoms with E-state index in [1.54, 1.807) is 14.2 Å². The summed E-state index contributed by atoms with van der Waals surface area (Å²) < 4.78 is 4.84. The summed E-state index contributed by atoms with van der Waals surface area (Å²) in [5.74, 6) is 1.23. The van der Waals surface area contributed by atoms with Crippen molar-refractivity contribution in [3.63, 3.8) is 0 Å². The highest BCUT2D eigenvalue weighted by Gasteiger charge is 2.02. The van der Waals surface area contributed by atoms with Crippen LogP contribution in [0.2, 0.25) is 0 Å². The summed E-state index contributed by atoms with van der Waals surface area (Å²) in [5, 5.41) is 8.84. The molecule has 0 saturated heterocycles. The van der Waals surface area contributed by atoms with E-state index in [4.69, 9.17) is 4.74 Å². The maximum Gasteiger partial charge on any atom is 0.239 e. The van der Waals surface area contributed by atoms with E-state index in [0.29, 0.717) is 25.0 Å². The number of amides is 1. The molecule has 0 rings (SSSR count). The molecule has 0 aliphatic carbocycles. The molecule has 0 fully saturated rings. The minimum atomic E-state index is -0.0705. The van der Waals surface area contributed by atoms with Gasteiger partial charge in [0.05, 0.1) is 13.2 Å². The summed E-state index contributed by atoms with van der Waals surface area (Å²) in [6, 6.07) is 0. The van der Waals surface area contributed by atoms with Crippen molar-refractivity contribution in [2.45, 2.75) is 20.3 Å². The fraction of sp³-hybridized carbons (Fsp3) is 0.833. The maximum atomic E-state index is 11.4. The van der Waals surface area contributed by atoms with E-state index in [2.05, 4.69) is 34.8 Å². The zero-order valence-corrected chi connectivity index (χ0v) is 11.9. The van der Waals surface area contributed by atoms with Crippen LogP contribution in [0.1, 0.15) is 20.3 Å². The van der Waals surface area contributed by atoms with Gasteiger partial charge in [-0.25, -0.2) is 0 Å². The third-order valence-electron chi connectivity index (χ3n) is 2.28. The first kappa shape index (κ1) is 16.7. The summed E-state index contributed by atoms with van der Waals surface area (Å²) in [6.07, 6.45) is 1.07. The van der Waals surface area contributed by atoms with Gasteiger partial charge in [-0.15, -0.1) is 0 Å². The smallest absolute Gasteiger partial charge is 0.239 e. The second-order valence-corrected chi connectivity index (χ2v) is 4.38. The van der Waals surface area contributed by atoms with Crippen molar-refractivity contribution in [3.05, 3.63) is 0 Å². The van der Waals surface area contributed by atoms with Gasteiger partial charge in [-0.2, -0.15) is 0 Å². The first-order valence-corrected chi connectivity index (χ1v) is 6.30. The molecule has 0 aliphatic heterocycles. The fourth-order valence-corrected chi connectivity index (χ4v) is 1.22. The molecule has 0 aromatic carbocycles. The Kier molecular flexibility index (Phi) is 10.0. The van der Waals surface area contributed by atoms with Crippen molar-refractivity contribution in [1.29, 1.82) is 0 Å². The molecule has 3 N–H and O–H groups in total. The Morgan fingerprint density at radius 3 is 2.50 bits per heavy atom. The van der Waals surface area contributed by atoms with Crippen LogP contribution < -0.4 is 16.0 Å². The Morgan fingerprint density at radius 2 is 1.94 bits per heavy atom. The molecule has 0 heterocycles. The third-order valence-corrected chi connectivity index (χ3v) is 2.28. The van der Waals surface area contributed by atoms with E-state index in [1.807, 2.05) is 0 Å². The lowest BCUT2D eigenvalue weighted by Gasteiger charge is -2.12. The lowest BCUT2D eigenvalue weighted by Crippen LogP contribution is -2.44. The van der Waals surface area contributed by atoms with Crippen molar-refractivity contribution in [2.24, 2.45) is 10.9 Å². The molecule has 18 heavy (non-hydrogen) atoms. The number of hydrogen-bond acceptors (Lipinski definition) is 3. The minimum Gasteiger partial charge on any atom is -0.383 e. The molecule has 0 radical (unpaired) electrons. The van der Waals surface area contributed by atoms with Gasteiger partial charge in [0.2, 0.25) is 5.91 Å². The maximum absolute atomic E-state index is 11.4. The highest BCUT2D eigenvalue weighted by molar-refractivity contribution is 5.86. The van der Waals surface area contributed by atoms with Crippen LogP contribution in [0.15, 0.2) is 4.99 Å². The molecule has 0 unspecified atom stereocenters. The monoisotopic (exact) mass is 258 g/mol. The SMILES string of the molecule is CN=C(NCCC(C)C)NCC(=O)NCCOC. The van der Waals surface area contributed by atoms with E-state index >= 15 is 0 Å². The molecule has 0 saturated carbocycles. The van der Waals surface area contributed by atoms with E-state index in [0.717, 1.165) is 13.0 Å². The van der Waals surface area contributed by atoms with E-state index in [9.17, 15) is 4.79 Å². The van der Waals surface area contributed by atoms with Crippen LogP contribution in [-0.4, -0.2) is 52.3 Å². The van der Waals surface area contributed by atoms with Gasteiger partial charge >= 0.3 is 0 Å². The molecule has 6 heteroatoms. The number of methoxy groups -OCH3 is 1. The second kappa shape index (κ2) is 10.8. The Bertz CT molecular complexity index is 254. The summed E-state index contributed by atoms with van der Waals surface area (Å²) in [5.41, 5.74) is 0. The molecule has 106 valence electrons. The number of carbonyl (C=O) groups is 1. The van der Waals surface area contributed by atoms with Crippen LogP contribution in [0.3, 0.4) is 0 Å². The van der Waals surface area contributed by atoms with Gasteiger partial charge in [-0.05, 0) is 12.3 Å². The summed E-state index contributed by atoms with van der Waals surface area (Å²) >= 11 is 0. The standard InChI is InChI=1S/C12H26N4O2/c1-10(2)5-6-15-12(13-3)16-9-11(17)14-7-8-18-4/h10H,5-9H2,1-4H3,(H,14,17)(H2,13,15,16). The van der Waals surface area contributed by atoms with Crippen LogP contribution in [0.25, 0.3) is 0 Å². The van der Waals surface area contributed by atoms with E-state index in [1.165, 1.54) is 0 Å². The van der Waals surface area contributed by atoms with Gasteiger partial charge in [0.1, 0.15) is 0 Å². The van der Waals surface area contributed by atoms with Gasteiger partial charge in [0.15, 0.2) is 5.96 Å². The van der Waals surface area contributed by atoms with Crippen LogP contribution >= 0.6 is 0 Å². The molecular weight excluding hydrogens is 232 g/mol. The molecular formula is C12H26N4O2. The number of nitrogens with one attached hydrogen (secondary N) is 3. The van der Waals surface area contributed by atoms with Crippen LogP contribution in [0.5, 0.6) is 0 Å². The molecule has 6 nitrogen and oxygen atoms in total. The van der Waals surface area contributed by atoms with Gasteiger partial charge in [-0.3, -0.25) is 9.79 Å². The first-order chi connectivity index (χ1) is 8.60. The second-order valence-electron chi connectivity index (χ2n) is 4.38. The molecule has 0 aromatic heterocycles. The van der Waals surface area contributed by atoms with Crippen molar-refractivity contribution in [2.75, 3.05) is 40.4 Å². The highest BCUT2D eigenvalue weighted by atomic mass is 16.5. The number of ether oxygens (including phenoxy) is 1. The summed E-state index contributed by atoms with van der Waals surface area (Å²) in [7, 11) is 3.29. The van der Waals surface area contributed by atoms with Gasteiger partial charge in [0, 0.05) is 27.2 Å². The zero-order chi connectivity index (χ0) is 13.8. The van der Waals surface area contributed by atoms with Crippen molar-refractivity contribution < 1.29 is 9.53 Å². The normalized spacial score (nSPS) is 11.5.